The summed E-state index contributed by atoms with van der Waals surface area (Å²) in [5.41, 5.74) is 0. The second-order valence-corrected chi connectivity index (χ2v) is 11.6. The second-order valence-electron chi connectivity index (χ2n) is 5.64. The van der Waals surface area contributed by atoms with E-state index >= 15 is 0 Å². The summed E-state index contributed by atoms with van der Waals surface area (Å²) in [6, 6.07) is 0. The highest BCUT2D eigenvalue weighted by molar-refractivity contribution is 6.81. The van der Waals surface area contributed by atoms with Crippen LogP contribution < -0.4 is 0 Å². The van der Waals surface area contributed by atoms with Gasteiger partial charge in [-0.05, 0) is 12.8 Å². The van der Waals surface area contributed by atoms with Gasteiger partial charge in [0.2, 0.25) is 0 Å². The predicted molar refractivity (Wildman–Crippen MR) is 57.7 cm³/mol. The minimum Gasteiger partial charge on any atom is -0.226 e. The lowest BCUT2D eigenvalue weighted by Crippen LogP contribution is -2.35. The van der Waals surface area contributed by atoms with E-state index in [1.54, 1.807) is 0 Å². The summed E-state index contributed by atoms with van der Waals surface area (Å²) < 4.78 is 14.1. The molecule has 0 spiro atoms. The Morgan fingerprint density at radius 3 is 2.31 bits per heavy atom. The molecule has 13 heavy (non-hydrogen) atoms. The first kappa shape index (κ1) is 9.97. The third kappa shape index (κ3) is 1.02. The normalized spacial score (nSPS) is 50.1. The van der Waals surface area contributed by atoms with Crippen LogP contribution in [0.3, 0.4) is 0 Å². The van der Waals surface area contributed by atoms with Crippen molar-refractivity contribution >= 4 is 19.7 Å². The molecule has 0 aromatic rings. The van der Waals surface area contributed by atoms with Gasteiger partial charge in [-0.3, -0.25) is 0 Å². The van der Waals surface area contributed by atoms with Crippen LogP contribution in [0.5, 0.6) is 0 Å². The van der Waals surface area contributed by atoms with Gasteiger partial charge in [-0.15, -0.1) is 0 Å². The van der Waals surface area contributed by atoms with E-state index in [-0.39, 0.29) is 11.0 Å². The molecule has 0 bridgehead atoms. The molecule has 0 aromatic heterocycles. The molecule has 2 aliphatic carbocycles. The molecular formula is C10H18ClFSi. The first-order valence-corrected chi connectivity index (χ1v) is 9.10. The Bertz CT molecular complexity index is 234. The molecule has 3 atom stereocenters. The predicted octanol–water partition coefficient (Wildman–Crippen LogP) is 4.17. The fourth-order valence-corrected chi connectivity index (χ4v) is 8.28. The third-order valence-electron chi connectivity index (χ3n) is 4.20. The summed E-state index contributed by atoms with van der Waals surface area (Å²) in [5.74, 6) is 0.182. The SMILES string of the molecule is C[Si](C)(C)[C@]12CCCC[C@H]1[C@@]2(F)Cl. The Hall–Kier alpha value is 0.437. The van der Waals surface area contributed by atoms with Crippen LogP contribution in [0.4, 0.5) is 4.39 Å². The molecule has 0 amide bonds. The van der Waals surface area contributed by atoms with Crippen molar-refractivity contribution in [3.05, 3.63) is 0 Å². The van der Waals surface area contributed by atoms with E-state index in [1.807, 2.05) is 0 Å². The largest absolute Gasteiger partial charge is 0.226 e. The van der Waals surface area contributed by atoms with Crippen LogP contribution in [0, 0.1) is 5.92 Å². The number of halogens is 2. The molecule has 0 unspecified atom stereocenters. The first-order chi connectivity index (χ1) is 5.84. The quantitative estimate of drug-likeness (QED) is 0.460. The molecule has 0 aliphatic heterocycles. The molecule has 2 rings (SSSR count). The Balaban J connectivity index is 2.32. The van der Waals surface area contributed by atoms with Gasteiger partial charge in [0.05, 0.1) is 8.07 Å². The average Bonchev–Trinajstić information content (AvgIpc) is 2.51. The first-order valence-electron chi connectivity index (χ1n) is 5.22. The van der Waals surface area contributed by atoms with Crippen LogP contribution in [0.15, 0.2) is 0 Å². The van der Waals surface area contributed by atoms with E-state index in [4.69, 9.17) is 11.6 Å². The molecule has 76 valence electrons. The van der Waals surface area contributed by atoms with E-state index in [9.17, 15) is 4.39 Å². The van der Waals surface area contributed by atoms with Gasteiger partial charge in [-0.2, -0.15) is 0 Å². The number of hydrogen-bond donors (Lipinski definition) is 0. The fraction of sp³-hybridized carbons (Fsp3) is 1.00. The Kier molecular flexibility index (Phi) is 1.93. The molecule has 3 heteroatoms. The van der Waals surface area contributed by atoms with Gasteiger partial charge in [0, 0.05) is 11.0 Å². The Labute approximate surface area is 85.9 Å². The smallest absolute Gasteiger partial charge is 0.190 e. The maximum atomic E-state index is 14.1. The molecule has 0 heterocycles. The summed E-state index contributed by atoms with van der Waals surface area (Å²) in [4.78, 5) is 0. The van der Waals surface area contributed by atoms with Gasteiger partial charge in [-0.25, -0.2) is 4.39 Å². The van der Waals surface area contributed by atoms with E-state index in [2.05, 4.69) is 19.6 Å². The lowest BCUT2D eigenvalue weighted by Gasteiger charge is -2.32. The van der Waals surface area contributed by atoms with Gasteiger partial charge >= 0.3 is 0 Å². The average molecular weight is 221 g/mol. The number of alkyl halides is 2. The summed E-state index contributed by atoms with van der Waals surface area (Å²) in [7, 11) is -1.45. The minimum atomic E-state index is -1.45. The Morgan fingerprint density at radius 2 is 1.92 bits per heavy atom. The topological polar surface area (TPSA) is 0 Å². The van der Waals surface area contributed by atoms with Gasteiger partial charge < -0.3 is 0 Å². The molecule has 0 nitrogen and oxygen atoms in total. The lowest BCUT2D eigenvalue weighted by molar-refractivity contribution is 0.380. The highest BCUT2D eigenvalue weighted by Crippen LogP contribution is 2.82. The van der Waals surface area contributed by atoms with Crippen molar-refractivity contribution in [3.63, 3.8) is 0 Å². The zero-order valence-corrected chi connectivity index (χ0v) is 10.4. The lowest BCUT2D eigenvalue weighted by atomic mass is 10.0. The molecule has 0 saturated heterocycles. The third-order valence-corrected chi connectivity index (χ3v) is 8.59. The summed E-state index contributed by atoms with van der Waals surface area (Å²) in [6.07, 6.45) is 4.41. The number of fused-ring (bicyclic) bond motifs is 1. The Morgan fingerprint density at radius 1 is 1.31 bits per heavy atom. The standard InChI is InChI=1S/C10H18ClFSi/c1-13(2,3)9-7-5-4-6-8(9)10(9,11)12/h8H,4-7H2,1-3H3/t8-,9-,10+/m1/s1. The summed E-state index contributed by atoms with van der Waals surface area (Å²) in [5, 5.41) is -1.42. The molecule has 0 radical (unpaired) electrons. The van der Waals surface area contributed by atoms with Gasteiger partial charge in [0.25, 0.3) is 0 Å². The molecular weight excluding hydrogens is 203 g/mol. The highest BCUT2D eigenvalue weighted by Gasteiger charge is 2.81. The van der Waals surface area contributed by atoms with E-state index in [1.165, 1.54) is 12.8 Å². The van der Waals surface area contributed by atoms with Crippen LogP contribution in [0.25, 0.3) is 0 Å². The van der Waals surface area contributed by atoms with Crippen molar-refractivity contribution in [2.45, 2.75) is 55.5 Å². The number of rotatable bonds is 1. The van der Waals surface area contributed by atoms with Crippen LogP contribution in [0.1, 0.15) is 25.7 Å². The van der Waals surface area contributed by atoms with E-state index < -0.39 is 13.2 Å². The molecule has 2 saturated carbocycles. The zero-order valence-electron chi connectivity index (χ0n) is 8.66. The van der Waals surface area contributed by atoms with E-state index in [0.717, 1.165) is 12.8 Å². The maximum Gasteiger partial charge on any atom is 0.190 e. The summed E-state index contributed by atoms with van der Waals surface area (Å²) in [6.45, 7) is 6.78. The minimum absolute atomic E-state index is 0.0835. The van der Waals surface area contributed by atoms with Crippen molar-refractivity contribution in [1.82, 2.24) is 0 Å². The van der Waals surface area contributed by atoms with Crippen molar-refractivity contribution in [1.29, 1.82) is 0 Å². The molecule has 2 fully saturated rings. The van der Waals surface area contributed by atoms with E-state index in [0.29, 0.717) is 0 Å². The van der Waals surface area contributed by atoms with Gasteiger partial charge in [-0.1, -0.05) is 44.1 Å². The van der Waals surface area contributed by atoms with Gasteiger partial charge in [0.1, 0.15) is 0 Å². The maximum absolute atomic E-state index is 14.1. The van der Waals surface area contributed by atoms with Crippen molar-refractivity contribution in [3.8, 4) is 0 Å². The van der Waals surface area contributed by atoms with Crippen LogP contribution in [-0.4, -0.2) is 13.2 Å². The van der Waals surface area contributed by atoms with Crippen molar-refractivity contribution in [2.24, 2.45) is 5.92 Å². The van der Waals surface area contributed by atoms with Crippen molar-refractivity contribution < 1.29 is 4.39 Å². The van der Waals surface area contributed by atoms with Gasteiger partial charge in [0.15, 0.2) is 5.13 Å². The molecule has 0 aromatic carbocycles. The number of hydrogen-bond acceptors (Lipinski definition) is 0. The molecule has 0 N–H and O–H groups in total. The van der Waals surface area contributed by atoms with Crippen LogP contribution in [0.2, 0.25) is 24.7 Å². The highest BCUT2D eigenvalue weighted by atomic mass is 35.5. The molecule has 2 aliphatic rings. The monoisotopic (exact) mass is 220 g/mol. The zero-order chi connectivity index (χ0) is 9.91. The van der Waals surface area contributed by atoms with Crippen LogP contribution >= 0.6 is 11.6 Å². The van der Waals surface area contributed by atoms with Crippen molar-refractivity contribution in [2.75, 3.05) is 0 Å². The van der Waals surface area contributed by atoms with Crippen LogP contribution in [-0.2, 0) is 0 Å². The second kappa shape index (κ2) is 2.51. The fourth-order valence-electron chi connectivity index (χ4n) is 3.45. The summed E-state index contributed by atoms with van der Waals surface area (Å²) >= 11 is 6.02.